The second kappa shape index (κ2) is 7.40. The number of nitrogens with one attached hydrogen (secondary N) is 1. The minimum absolute atomic E-state index is 0.119. The number of hydrogen-bond acceptors (Lipinski definition) is 4. The second-order valence-corrected chi connectivity index (χ2v) is 8.02. The maximum atomic E-state index is 12.7. The van der Waals surface area contributed by atoms with Crippen LogP contribution < -0.4 is 5.32 Å². The van der Waals surface area contributed by atoms with Gasteiger partial charge in [-0.05, 0) is 55.4 Å². The van der Waals surface area contributed by atoms with Crippen molar-refractivity contribution in [2.24, 2.45) is 0 Å². The highest BCUT2D eigenvalue weighted by Gasteiger charge is 2.27. The average molecular weight is 400 g/mol. The van der Waals surface area contributed by atoms with E-state index >= 15 is 0 Å². The van der Waals surface area contributed by atoms with Crippen LogP contribution in [0.2, 0.25) is 0 Å². The molecule has 5 rings (SSSR count). The van der Waals surface area contributed by atoms with Gasteiger partial charge in [-0.2, -0.15) is 10.2 Å². The molecule has 0 aliphatic heterocycles. The average Bonchev–Trinajstić information content (AvgIpc) is 3.41. The Morgan fingerprint density at radius 1 is 1.20 bits per heavy atom. The van der Waals surface area contributed by atoms with Gasteiger partial charge in [0.1, 0.15) is 6.54 Å². The first-order chi connectivity index (χ1) is 14.6. The topological polar surface area (TPSA) is 77.6 Å². The number of benzene rings is 1. The standard InChI is InChI=1S/C23H24N6O/c1-15-5-3-4-6-18(15)12-28-13-19(11-25-28)26-21(30)14-29-23-22(16(2)27-29)20(9-10-24-23)17-7-8-17/h3-6,9-11,13,17H,7-8,12,14H2,1-2H3,(H,26,30). The predicted octanol–water partition coefficient (Wildman–Crippen LogP) is 3.81. The third-order valence-electron chi connectivity index (χ3n) is 5.66. The van der Waals surface area contributed by atoms with Crippen molar-refractivity contribution in [1.29, 1.82) is 0 Å². The van der Waals surface area contributed by atoms with Crippen LogP contribution in [0.4, 0.5) is 5.69 Å². The van der Waals surface area contributed by atoms with Gasteiger partial charge in [0, 0.05) is 17.8 Å². The molecule has 30 heavy (non-hydrogen) atoms. The number of anilines is 1. The molecule has 1 amide bonds. The number of hydrogen-bond donors (Lipinski definition) is 1. The first-order valence-corrected chi connectivity index (χ1v) is 10.3. The van der Waals surface area contributed by atoms with Gasteiger partial charge in [-0.15, -0.1) is 0 Å². The number of pyridine rings is 1. The van der Waals surface area contributed by atoms with Gasteiger partial charge in [0.2, 0.25) is 5.91 Å². The van der Waals surface area contributed by atoms with E-state index in [-0.39, 0.29) is 12.5 Å². The number of nitrogens with zero attached hydrogens (tertiary/aromatic N) is 5. The highest BCUT2D eigenvalue weighted by molar-refractivity contribution is 5.91. The first kappa shape index (κ1) is 18.5. The fourth-order valence-corrected chi connectivity index (χ4v) is 3.97. The zero-order valence-corrected chi connectivity index (χ0v) is 17.2. The number of aryl methyl sites for hydroxylation is 2. The van der Waals surface area contributed by atoms with Gasteiger partial charge < -0.3 is 5.32 Å². The lowest BCUT2D eigenvalue weighted by Crippen LogP contribution is -2.19. The summed E-state index contributed by atoms with van der Waals surface area (Å²) in [7, 11) is 0. The number of fused-ring (bicyclic) bond motifs is 1. The van der Waals surface area contributed by atoms with E-state index in [2.05, 4.69) is 45.6 Å². The van der Waals surface area contributed by atoms with Gasteiger partial charge in [0.15, 0.2) is 5.65 Å². The molecule has 1 aliphatic rings. The van der Waals surface area contributed by atoms with Gasteiger partial charge in [-0.3, -0.25) is 9.48 Å². The van der Waals surface area contributed by atoms with Crippen molar-refractivity contribution >= 4 is 22.6 Å². The van der Waals surface area contributed by atoms with Crippen LogP contribution >= 0.6 is 0 Å². The minimum atomic E-state index is -0.145. The van der Waals surface area contributed by atoms with Crippen LogP contribution in [-0.2, 0) is 17.9 Å². The number of aromatic nitrogens is 5. The molecule has 0 radical (unpaired) electrons. The third kappa shape index (κ3) is 3.58. The molecule has 3 heterocycles. The summed E-state index contributed by atoms with van der Waals surface area (Å²) in [6.45, 7) is 4.86. The van der Waals surface area contributed by atoms with Crippen LogP contribution in [0, 0.1) is 13.8 Å². The summed E-state index contributed by atoms with van der Waals surface area (Å²) in [6.07, 6.45) is 7.78. The Morgan fingerprint density at radius 2 is 2.03 bits per heavy atom. The Balaban J connectivity index is 1.30. The fraction of sp³-hybridized carbons (Fsp3) is 0.304. The van der Waals surface area contributed by atoms with E-state index in [0.29, 0.717) is 18.2 Å². The third-order valence-corrected chi connectivity index (χ3v) is 5.66. The van der Waals surface area contributed by atoms with Crippen molar-refractivity contribution < 1.29 is 4.79 Å². The van der Waals surface area contributed by atoms with Gasteiger partial charge in [-0.25, -0.2) is 9.67 Å². The zero-order valence-electron chi connectivity index (χ0n) is 17.2. The molecule has 0 saturated heterocycles. The van der Waals surface area contributed by atoms with Crippen LogP contribution in [0.25, 0.3) is 11.0 Å². The van der Waals surface area contributed by atoms with Crippen molar-refractivity contribution in [3.05, 3.63) is 71.3 Å². The van der Waals surface area contributed by atoms with Crippen LogP contribution in [-0.4, -0.2) is 30.5 Å². The van der Waals surface area contributed by atoms with Crippen LogP contribution in [0.15, 0.2) is 48.9 Å². The molecule has 0 unspecified atom stereocenters. The first-order valence-electron chi connectivity index (χ1n) is 10.3. The summed E-state index contributed by atoms with van der Waals surface area (Å²) in [5.41, 5.74) is 6.11. The lowest BCUT2D eigenvalue weighted by atomic mass is 10.1. The Hall–Kier alpha value is -3.48. The molecular weight excluding hydrogens is 376 g/mol. The molecule has 4 aromatic rings. The van der Waals surface area contributed by atoms with E-state index in [4.69, 9.17) is 0 Å². The molecule has 7 heteroatoms. The molecule has 0 atom stereocenters. The van der Waals surface area contributed by atoms with Gasteiger partial charge in [-0.1, -0.05) is 24.3 Å². The largest absolute Gasteiger partial charge is 0.322 e. The molecule has 7 nitrogen and oxygen atoms in total. The summed E-state index contributed by atoms with van der Waals surface area (Å²) in [5, 5.41) is 13.0. The summed E-state index contributed by atoms with van der Waals surface area (Å²) in [4.78, 5) is 17.1. The lowest BCUT2D eigenvalue weighted by molar-refractivity contribution is -0.116. The second-order valence-electron chi connectivity index (χ2n) is 8.02. The van der Waals surface area contributed by atoms with E-state index in [9.17, 15) is 4.79 Å². The van der Waals surface area contributed by atoms with Crippen LogP contribution in [0.3, 0.4) is 0 Å². The van der Waals surface area contributed by atoms with Crippen molar-refractivity contribution in [2.75, 3.05) is 5.32 Å². The Labute approximate surface area is 174 Å². The molecule has 3 aromatic heterocycles. The van der Waals surface area contributed by atoms with Crippen molar-refractivity contribution in [3.8, 4) is 0 Å². The molecule has 0 bridgehead atoms. The van der Waals surface area contributed by atoms with E-state index in [0.717, 1.165) is 16.7 Å². The number of rotatable bonds is 6. The quantitative estimate of drug-likeness (QED) is 0.534. The monoisotopic (exact) mass is 400 g/mol. The molecule has 152 valence electrons. The highest BCUT2D eigenvalue weighted by Crippen LogP contribution is 2.43. The Kier molecular flexibility index (Phi) is 4.58. The van der Waals surface area contributed by atoms with E-state index in [1.807, 2.05) is 36.1 Å². The van der Waals surface area contributed by atoms with Gasteiger partial charge >= 0.3 is 0 Å². The van der Waals surface area contributed by atoms with Crippen molar-refractivity contribution in [3.63, 3.8) is 0 Å². The number of carbonyl (C=O) groups excluding carboxylic acids is 1. The normalized spacial score (nSPS) is 13.7. The Bertz CT molecular complexity index is 1230. The summed E-state index contributed by atoms with van der Waals surface area (Å²) in [5.74, 6) is 0.466. The molecule has 1 aliphatic carbocycles. The molecule has 1 aromatic carbocycles. The SMILES string of the molecule is Cc1ccccc1Cn1cc(NC(=O)Cn2nc(C)c3c(C4CC4)ccnc32)cn1. The van der Waals surface area contributed by atoms with Gasteiger partial charge in [0.05, 0.1) is 24.1 Å². The van der Waals surface area contributed by atoms with Crippen molar-refractivity contribution in [2.45, 2.75) is 45.7 Å². The molecular formula is C23H24N6O. The van der Waals surface area contributed by atoms with Crippen molar-refractivity contribution in [1.82, 2.24) is 24.5 Å². The lowest BCUT2D eigenvalue weighted by Gasteiger charge is -2.06. The van der Waals surface area contributed by atoms with E-state index < -0.39 is 0 Å². The number of carbonyl (C=O) groups is 1. The molecule has 1 N–H and O–H groups in total. The van der Waals surface area contributed by atoms with Gasteiger partial charge in [0.25, 0.3) is 0 Å². The van der Waals surface area contributed by atoms with E-state index in [1.54, 1.807) is 10.9 Å². The molecule has 1 saturated carbocycles. The molecule has 0 spiro atoms. The fourth-order valence-electron chi connectivity index (χ4n) is 3.97. The zero-order chi connectivity index (χ0) is 20.7. The smallest absolute Gasteiger partial charge is 0.246 e. The maximum absolute atomic E-state index is 12.7. The predicted molar refractivity (Wildman–Crippen MR) is 115 cm³/mol. The summed E-state index contributed by atoms with van der Waals surface area (Å²) >= 11 is 0. The summed E-state index contributed by atoms with van der Waals surface area (Å²) in [6, 6.07) is 10.3. The highest BCUT2D eigenvalue weighted by atomic mass is 16.2. The summed E-state index contributed by atoms with van der Waals surface area (Å²) < 4.78 is 3.53. The van der Waals surface area contributed by atoms with Crippen LogP contribution in [0.1, 0.15) is 41.1 Å². The number of amides is 1. The maximum Gasteiger partial charge on any atom is 0.246 e. The van der Waals surface area contributed by atoms with Crippen LogP contribution in [0.5, 0.6) is 0 Å². The minimum Gasteiger partial charge on any atom is -0.322 e. The van der Waals surface area contributed by atoms with E-state index in [1.165, 1.54) is 29.5 Å². The molecule has 1 fully saturated rings. The Morgan fingerprint density at radius 3 is 2.83 bits per heavy atom.